The minimum Gasteiger partial charge on any atom is -0.336 e. The molecule has 5 heteroatoms. The first-order chi connectivity index (χ1) is 10.2. The molecule has 5 nitrogen and oxygen atoms in total. The molecule has 0 spiro atoms. The Balaban J connectivity index is 1.96. The van der Waals surface area contributed by atoms with Gasteiger partial charge in [-0.3, -0.25) is 4.79 Å². The van der Waals surface area contributed by atoms with Gasteiger partial charge in [-0.1, -0.05) is 18.2 Å². The van der Waals surface area contributed by atoms with Gasteiger partial charge in [-0.25, -0.2) is 4.68 Å². The Morgan fingerprint density at radius 3 is 2.48 bits per heavy atom. The lowest BCUT2D eigenvalue weighted by Gasteiger charge is -2.27. The maximum Gasteiger partial charge on any atom is 0.257 e. The van der Waals surface area contributed by atoms with Gasteiger partial charge in [0, 0.05) is 26.2 Å². The summed E-state index contributed by atoms with van der Waals surface area (Å²) in [7, 11) is 0. The smallest absolute Gasteiger partial charge is 0.257 e. The molecule has 1 aromatic heterocycles. The Kier molecular flexibility index (Phi) is 3.75. The molecular weight excluding hydrogens is 264 g/mol. The van der Waals surface area contributed by atoms with E-state index in [1.165, 1.54) is 0 Å². The van der Waals surface area contributed by atoms with Gasteiger partial charge in [-0.05, 0) is 26.0 Å². The van der Waals surface area contributed by atoms with E-state index in [1.807, 2.05) is 53.8 Å². The lowest BCUT2D eigenvalue weighted by molar-refractivity contribution is 0.0734. The average Bonchev–Trinajstić information content (AvgIpc) is 2.83. The van der Waals surface area contributed by atoms with Gasteiger partial charge in [0.25, 0.3) is 5.91 Å². The van der Waals surface area contributed by atoms with Gasteiger partial charge in [-0.2, -0.15) is 5.10 Å². The molecule has 0 bridgehead atoms. The number of hydrogen-bond donors (Lipinski definition) is 1. The number of nitrogens with one attached hydrogen (secondary N) is 1. The number of para-hydroxylation sites is 1. The summed E-state index contributed by atoms with van der Waals surface area (Å²) in [4.78, 5) is 14.6. The lowest BCUT2D eigenvalue weighted by Crippen LogP contribution is -2.46. The van der Waals surface area contributed by atoms with Crippen LogP contribution in [-0.4, -0.2) is 46.8 Å². The number of nitrogens with zero attached hydrogens (tertiary/aromatic N) is 3. The summed E-state index contributed by atoms with van der Waals surface area (Å²) in [5.74, 6) is 0.0914. The fourth-order valence-corrected chi connectivity index (χ4v) is 2.80. The van der Waals surface area contributed by atoms with Crippen LogP contribution in [0.4, 0.5) is 0 Å². The molecule has 2 heterocycles. The summed E-state index contributed by atoms with van der Waals surface area (Å²) in [6.07, 6.45) is 0. The number of piperazine rings is 1. The second-order valence-corrected chi connectivity index (χ2v) is 5.34. The van der Waals surface area contributed by atoms with Gasteiger partial charge < -0.3 is 10.2 Å². The predicted molar refractivity (Wildman–Crippen MR) is 81.8 cm³/mol. The minimum absolute atomic E-state index is 0.0914. The number of benzene rings is 1. The molecule has 1 aliphatic heterocycles. The van der Waals surface area contributed by atoms with Crippen LogP contribution in [0.1, 0.15) is 21.7 Å². The molecule has 1 aromatic carbocycles. The molecule has 21 heavy (non-hydrogen) atoms. The van der Waals surface area contributed by atoms with Crippen molar-refractivity contribution in [2.45, 2.75) is 13.8 Å². The average molecular weight is 284 g/mol. The Bertz CT molecular complexity index is 642. The van der Waals surface area contributed by atoms with E-state index in [4.69, 9.17) is 0 Å². The fraction of sp³-hybridized carbons (Fsp3) is 0.375. The van der Waals surface area contributed by atoms with Gasteiger partial charge in [0.1, 0.15) is 0 Å². The molecule has 110 valence electrons. The third kappa shape index (κ3) is 2.56. The first kappa shape index (κ1) is 13.8. The lowest BCUT2D eigenvalue weighted by atomic mass is 10.1. The molecule has 0 aliphatic carbocycles. The van der Waals surface area contributed by atoms with Gasteiger partial charge in [0.05, 0.1) is 22.6 Å². The molecule has 2 aromatic rings. The van der Waals surface area contributed by atoms with Gasteiger partial charge in [0.15, 0.2) is 0 Å². The monoisotopic (exact) mass is 284 g/mol. The van der Waals surface area contributed by atoms with E-state index in [9.17, 15) is 4.79 Å². The van der Waals surface area contributed by atoms with Crippen LogP contribution < -0.4 is 5.32 Å². The summed E-state index contributed by atoms with van der Waals surface area (Å²) >= 11 is 0. The Hall–Kier alpha value is -2.14. The standard InChI is InChI=1S/C16H20N4O/c1-12-15(16(21)19-10-8-17-9-11-19)13(2)20(18-12)14-6-4-3-5-7-14/h3-7,17H,8-11H2,1-2H3. The van der Waals surface area contributed by atoms with Crippen molar-refractivity contribution in [3.05, 3.63) is 47.3 Å². The van der Waals surface area contributed by atoms with Crippen LogP contribution in [-0.2, 0) is 0 Å². The molecule has 1 saturated heterocycles. The van der Waals surface area contributed by atoms with E-state index in [1.54, 1.807) is 0 Å². The van der Waals surface area contributed by atoms with E-state index in [2.05, 4.69) is 10.4 Å². The van der Waals surface area contributed by atoms with E-state index in [0.29, 0.717) is 0 Å². The first-order valence-electron chi connectivity index (χ1n) is 7.30. The van der Waals surface area contributed by atoms with E-state index in [-0.39, 0.29) is 5.91 Å². The van der Waals surface area contributed by atoms with Crippen molar-refractivity contribution < 1.29 is 4.79 Å². The van der Waals surface area contributed by atoms with E-state index < -0.39 is 0 Å². The molecule has 0 atom stereocenters. The van der Waals surface area contributed by atoms with Crippen molar-refractivity contribution in [1.82, 2.24) is 20.0 Å². The van der Waals surface area contributed by atoms with Crippen molar-refractivity contribution in [3.63, 3.8) is 0 Å². The Labute approximate surface area is 124 Å². The SMILES string of the molecule is Cc1nn(-c2ccccc2)c(C)c1C(=O)N1CCNCC1. The van der Waals surface area contributed by atoms with Gasteiger partial charge in [0.2, 0.25) is 0 Å². The first-order valence-corrected chi connectivity index (χ1v) is 7.30. The minimum atomic E-state index is 0.0914. The zero-order valence-electron chi connectivity index (χ0n) is 12.5. The van der Waals surface area contributed by atoms with E-state index >= 15 is 0 Å². The van der Waals surface area contributed by atoms with Crippen LogP contribution >= 0.6 is 0 Å². The fourth-order valence-electron chi connectivity index (χ4n) is 2.80. The van der Waals surface area contributed by atoms with Crippen LogP contribution in [0.2, 0.25) is 0 Å². The number of carbonyl (C=O) groups is 1. The summed E-state index contributed by atoms with van der Waals surface area (Å²) in [6.45, 7) is 7.10. The van der Waals surface area contributed by atoms with Crippen molar-refractivity contribution in [3.8, 4) is 5.69 Å². The van der Waals surface area contributed by atoms with Crippen molar-refractivity contribution in [1.29, 1.82) is 0 Å². The summed E-state index contributed by atoms with van der Waals surface area (Å²) in [5.41, 5.74) is 3.42. The number of hydrogen-bond acceptors (Lipinski definition) is 3. The third-order valence-corrected chi connectivity index (χ3v) is 3.91. The van der Waals surface area contributed by atoms with Crippen LogP contribution in [0.5, 0.6) is 0 Å². The Morgan fingerprint density at radius 2 is 1.81 bits per heavy atom. The Morgan fingerprint density at radius 1 is 1.14 bits per heavy atom. The number of carbonyl (C=O) groups excluding carboxylic acids is 1. The van der Waals surface area contributed by atoms with Crippen LogP contribution in [0.15, 0.2) is 30.3 Å². The molecule has 1 amide bonds. The van der Waals surface area contributed by atoms with Gasteiger partial charge >= 0.3 is 0 Å². The molecule has 3 rings (SSSR count). The molecule has 1 N–H and O–H groups in total. The predicted octanol–water partition coefficient (Wildman–Crippen LogP) is 1.53. The molecular formula is C16H20N4O. The highest BCUT2D eigenvalue weighted by atomic mass is 16.2. The zero-order chi connectivity index (χ0) is 14.8. The van der Waals surface area contributed by atoms with Gasteiger partial charge in [-0.15, -0.1) is 0 Å². The number of rotatable bonds is 2. The number of amides is 1. The van der Waals surface area contributed by atoms with Crippen LogP contribution in [0.25, 0.3) is 5.69 Å². The summed E-state index contributed by atoms with van der Waals surface area (Å²) < 4.78 is 1.85. The maximum atomic E-state index is 12.7. The van der Waals surface area contributed by atoms with Crippen LogP contribution in [0, 0.1) is 13.8 Å². The zero-order valence-corrected chi connectivity index (χ0v) is 12.5. The molecule has 0 saturated carbocycles. The normalized spacial score (nSPS) is 15.2. The molecule has 0 unspecified atom stereocenters. The highest BCUT2D eigenvalue weighted by Crippen LogP contribution is 2.19. The van der Waals surface area contributed by atoms with Crippen molar-refractivity contribution in [2.75, 3.05) is 26.2 Å². The summed E-state index contributed by atoms with van der Waals surface area (Å²) in [5, 5.41) is 7.82. The van der Waals surface area contributed by atoms with E-state index in [0.717, 1.165) is 48.8 Å². The highest BCUT2D eigenvalue weighted by Gasteiger charge is 2.25. The second kappa shape index (κ2) is 5.69. The summed E-state index contributed by atoms with van der Waals surface area (Å²) in [6, 6.07) is 9.92. The van der Waals surface area contributed by atoms with Crippen molar-refractivity contribution in [2.24, 2.45) is 0 Å². The third-order valence-electron chi connectivity index (χ3n) is 3.91. The maximum absolute atomic E-state index is 12.7. The topological polar surface area (TPSA) is 50.2 Å². The molecule has 1 aliphatic rings. The second-order valence-electron chi connectivity index (χ2n) is 5.34. The number of aryl methyl sites for hydroxylation is 1. The molecule has 0 radical (unpaired) electrons. The quantitative estimate of drug-likeness (QED) is 0.910. The number of aromatic nitrogens is 2. The highest BCUT2D eigenvalue weighted by molar-refractivity contribution is 5.96. The molecule has 1 fully saturated rings. The van der Waals surface area contributed by atoms with Crippen molar-refractivity contribution >= 4 is 5.91 Å². The van der Waals surface area contributed by atoms with Crippen LogP contribution in [0.3, 0.4) is 0 Å². The largest absolute Gasteiger partial charge is 0.336 e.